The van der Waals surface area contributed by atoms with Crippen molar-refractivity contribution in [2.24, 2.45) is 0 Å². The lowest BCUT2D eigenvalue weighted by Gasteiger charge is -2.18. The van der Waals surface area contributed by atoms with E-state index in [0.717, 1.165) is 11.3 Å². The molecule has 0 aliphatic heterocycles. The maximum absolute atomic E-state index is 12.6. The molecule has 2 N–H and O–H groups in total. The summed E-state index contributed by atoms with van der Waals surface area (Å²) in [6.45, 7) is 0.719. The normalized spacial score (nSPS) is 11.0. The molecular formula is C23H22N4OS2. The average molecular weight is 435 g/mol. The first-order chi connectivity index (χ1) is 14.7. The minimum atomic E-state index is -0.0785. The van der Waals surface area contributed by atoms with Gasteiger partial charge in [0.15, 0.2) is 10.6 Å². The van der Waals surface area contributed by atoms with Crippen LogP contribution in [0.1, 0.15) is 23.5 Å². The predicted molar refractivity (Wildman–Crippen MR) is 123 cm³/mol. The van der Waals surface area contributed by atoms with Crippen LogP contribution in [-0.4, -0.2) is 27.2 Å². The molecule has 2 heterocycles. The lowest BCUT2D eigenvalue weighted by Crippen LogP contribution is -2.29. The van der Waals surface area contributed by atoms with Gasteiger partial charge in [-0.1, -0.05) is 66.7 Å². The summed E-state index contributed by atoms with van der Waals surface area (Å²) >= 11 is 6.88. The maximum atomic E-state index is 12.6. The first-order valence-electron chi connectivity index (χ1n) is 9.78. The van der Waals surface area contributed by atoms with Crippen LogP contribution in [0.5, 0.6) is 0 Å². The largest absolute Gasteiger partial charge is 0.355 e. The summed E-state index contributed by atoms with van der Waals surface area (Å²) in [4.78, 5) is 13.6. The van der Waals surface area contributed by atoms with Gasteiger partial charge in [0.2, 0.25) is 5.91 Å². The fraction of sp³-hybridized carbons (Fsp3) is 0.174. The van der Waals surface area contributed by atoms with Gasteiger partial charge in [-0.2, -0.15) is 5.10 Å². The van der Waals surface area contributed by atoms with Crippen molar-refractivity contribution in [1.29, 1.82) is 0 Å². The van der Waals surface area contributed by atoms with Crippen molar-refractivity contribution in [2.75, 3.05) is 6.54 Å². The first kappa shape index (κ1) is 20.3. The van der Waals surface area contributed by atoms with Crippen LogP contribution in [0.2, 0.25) is 0 Å². The number of aromatic amines is 1. The molecule has 4 rings (SSSR count). The number of nitrogens with zero attached hydrogens (tertiary/aromatic N) is 2. The molecule has 152 valence electrons. The van der Waals surface area contributed by atoms with Gasteiger partial charge in [0.25, 0.3) is 0 Å². The van der Waals surface area contributed by atoms with Gasteiger partial charge in [-0.25, -0.2) is 0 Å². The van der Waals surface area contributed by atoms with Crippen LogP contribution in [0.15, 0.2) is 78.2 Å². The molecule has 0 aliphatic carbocycles. The van der Waals surface area contributed by atoms with Crippen molar-refractivity contribution in [2.45, 2.75) is 18.9 Å². The second-order valence-electron chi connectivity index (χ2n) is 6.93. The lowest BCUT2D eigenvalue weighted by molar-refractivity contribution is -0.121. The van der Waals surface area contributed by atoms with Crippen LogP contribution in [0.4, 0.5) is 0 Å². The van der Waals surface area contributed by atoms with E-state index in [4.69, 9.17) is 12.2 Å². The molecule has 0 fully saturated rings. The highest BCUT2D eigenvalue weighted by Gasteiger charge is 2.16. The third kappa shape index (κ3) is 4.75. The smallest absolute Gasteiger partial charge is 0.240 e. The van der Waals surface area contributed by atoms with Gasteiger partial charge >= 0.3 is 0 Å². The molecule has 0 aliphatic rings. The van der Waals surface area contributed by atoms with Gasteiger partial charge in [-0.15, -0.1) is 11.3 Å². The van der Waals surface area contributed by atoms with E-state index in [1.165, 1.54) is 11.1 Å². The summed E-state index contributed by atoms with van der Waals surface area (Å²) in [6, 6.07) is 24.7. The fourth-order valence-electron chi connectivity index (χ4n) is 3.51. The maximum Gasteiger partial charge on any atom is 0.240 e. The third-order valence-corrected chi connectivity index (χ3v) is 6.14. The molecule has 0 atom stereocenters. The second-order valence-corrected chi connectivity index (χ2v) is 8.26. The molecule has 0 saturated heterocycles. The Hall–Kier alpha value is -3.03. The molecule has 0 spiro atoms. The lowest BCUT2D eigenvalue weighted by atomic mass is 9.88. The number of amides is 1. The number of aromatic nitrogens is 3. The van der Waals surface area contributed by atoms with Crippen molar-refractivity contribution >= 4 is 29.5 Å². The molecule has 2 aromatic heterocycles. The van der Waals surface area contributed by atoms with E-state index in [1.54, 1.807) is 15.9 Å². The summed E-state index contributed by atoms with van der Waals surface area (Å²) < 4.78 is 2.18. The molecule has 0 saturated carbocycles. The van der Waals surface area contributed by atoms with E-state index >= 15 is 0 Å². The minimum Gasteiger partial charge on any atom is -0.355 e. The third-order valence-electron chi connectivity index (χ3n) is 4.96. The van der Waals surface area contributed by atoms with Gasteiger partial charge in [-0.3, -0.25) is 14.5 Å². The topological polar surface area (TPSA) is 62.7 Å². The van der Waals surface area contributed by atoms with Crippen molar-refractivity contribution in [3.63, 3.8) is 0 Å². The highest BCUT2D eigenvalue weighted by Crippen LogP contribution is 2.27. The number of nitrogens with one attached hydrogen (secondary N) is 2. The van der Waals surface area contributed by atoms with Crippen molar-refractivity contribution in [3.05, 3.63) is 94.1 Å². The number of H-pyrrole nitrogens is 1. The van der Waals surface area contributed by atoms with Crippen LogP contribution in [0.25, 0.3) is 10.7 Å². The number of carbonyl (C=O) groups is 1. The quantitative estimate of drug-likeness (QED) is 0.383. The van der Waals surface area contributed by atoms with Gasteiger partial charge < -0.3 is 5.32 Å². The van der Waals surface area contributed by atoms with Gasteiger partial charge in [0, 0.05) is 12.5 Å². The summed E-state index contributed by atoms with van der Waals surface area (Å²) in [5.74, 6) is 0.840. The fourth-order valence-corrected chi connectivity index (χ4v) is 4.43. The highest BCUT2D eigenvalue weighted by atomic mass is 32.1. The van der Waals surface area contributed by atoms with Crippen LogP contribution in [0, 0.1) is 4.77 Å². The zero-order valence-electron chi connectivity index (χ0n) is 16.3. The Morgan fingerprint density at radius 1 is 1.03 bits per heavy atom. The van der Waals surface area contributed by atoms with Crippen LogP contribution < -0.4 is 5.32 Å². The van der Waals surface area contributed by atoms with E-state index in [2.05, 4.69) is 64.0 Å². The molecule has 0 bridgehead atoms. The molecule has 30 heavy (non-hydrogen) atoms. The molecule has 1 amide bonds. The number of rotatable bonds is 8. The highest BCUT2D eigenvalue weighted by molar-refractivity contribution is 7.71. The van der Waals surface area contributed by atoms with Gasteiger partial charge in [0.05, 0.1) is 4.88 Å². The van der Waals surface area contributed by atoms with Crippen molar-refractivity contribution < 1.29 is 4.79 Å². The standard InChI is InChI=1S/C23H22N4OS2/c28-21(16-27-22(25-26-23(27)29)20-12-7-15-30-20)24-14-13-19(17-8-3-1-4-9-17)18-10-5-2-6-11-18/h1-12,15,19H,13-14,16H2,(H,24,28)(H,26,29). The number of benzene rings is 2. The Balaban J connectivity index is 1.41. The number of hydrogen-bond donors (Lipinski definition) is 2. The number of thiophene rings is 1. The summed E-state index contributed by atoms with van der Waals surface area (Å²) in [5, 5.41) is 12.1. The van der Waals surface area contributed by atoms with E-state index in [-0.39, 0.29) is 18.4 Å². The molecular weight excluding hydrogens is 412 g/mol. The first-order valence-corrected chi connectivity index (χ1v) is 11.1. The Labute approximate surface area is 184 Å². The number of carbonyl (C=O) groups excluding carboxylic acids is 1. The molecule has 0 unspecified atom stereocenters. The van der Waals surface area contributed by atoms with Gasteiger partial charge in [0.1, 0.15) is 6.54 Å². The van der Waals surface area contributed by atoms with Crippen LogP contribution in [0.3, 0.4) is 0 Å². The Bertz CT molecular complexity index is 1100. The summed E-state index contributed by atoms with van der Waals surface area (Å²) in [6.07, 6.45) is 0.814. The minimum absolute atomic E-state index is 0.0785. The van der Waals surface area contributed by atoms with E-state index in [9.17, 15) is 4.79 Å². The zero-order valence-corrected chi connectivity index (χ0v) is 18.0. The Morgan fingerprint density at radius 2 is 1.70 bits per heavy atom. The second kappa shape index (κ2) is 9.65. The molecule has 2 aromatic carbocycles. The molecule has 7 heteroatoms. The van der Waals surface area contributed by atoms with E-state index in [0.29, 0.717) is 17.1 Å². The van der Waals surface area contributed by atoms with Crippen molar-refractivity contribution in [3.8, 4) is 10.7 Å². The average Bonchev–Trinajstić information content (AvgIpc) is 3.43. The Kier molecular flexibility index (Phi) is 6.51. The SMILES string of the molecule is O=C(Cn1c(-c2cccs2)n[nH]c1=S)NCCC(c1ccccc1)c1ccccc1. The van der Waals surface area contributed by atoms with E-state index in [1.807, 2.05) is 29.6 Å². The Morgan fingerprint density at radius 3 is 2.30 bits per heavy atom. The zero-order chi connectivity index (χ0) is 20.8. The molecule has 4 aromatic rings. The molecule has 5 nitrogen and oxygen atoms in total. The van der Waals surface area contributed by atoms with Gasteiger partial charge in [-0.05, 0) is 41.2 Å². The van der Waals surface area contributed by atoms with Crippen LogP contribution >= 0.6 is 23.6 Å². The molecule has 0 radical (unpaired) electrons. The van der Waals surface area contributed by atoms with Crippen LogP contribution in [-0.2, 0) is 11.3 Å². The van der Waals surface area contributed by atoms with E-state index < -0.39 is 0 Å². The summed E-state index contributed by atoms with van der Waals surface area (Å²) in [7, 11) is 0. The predicted octanol–water partition coefficient (Wildman–Crippen LogP) is 5.01. The number of hydrogen-bond acceptors (Lipinski definition) is 4. The monoisotopic (exact) mass is 434 g/mol. The van der Waals surface area contributed by atoms with Crippen molar-refractivity contribution in [1.82, 2.24) is 20.1 Å². The summed E-state index contributed by atoms with van der Waals surface area (Å²) in [5.41, 5.74) is 2.49.